The van der Waals surface area contributed by atoms with E-state index in [1.807, 2.05) is 81.4 Å². The summed E-state index contributed by atoms with van der Waals surface area (Å²) in [5.41, 5.74) is 2.17. The molecule has 0 spiro atoms. The molecule has 0 aliphatic heterocycles. The highest BCUT2D eigenvalue weighted by molar-refractivity contribution is 5.96. The smallest absolute Gasteiger partial charge is 0.341 e. The van der Waals surface area contributed by atoms with Gasteiger partial charge in [-0.2, -0.15) is 0 Å². The quantitative estimate of drug-likeness (QED) is 0.500. The average Bonchev–Trinajstić information content (AvgIpc) is 2.77. The van der Waals surface area contributed by atoms with Gasteiger partial charge in [0.15, 0.2) is 0 Å². The lowest BCUT2D eigenvalue weighted by Crippen LogP contribution is -2.43. The molecule has 6 nitrogen and oxygen atoms in total. The maximum absolute atomic E-state index is 12.5. The van der Waals surface area contributed by atoms with Crippen LogP contribution < -0.4 is 15.4 Å². The minimum Gasteiger partial charge on any atom is -0.480 e. The van der Waals surface area contributed by atoms with E-state index < -0.39 is 17.6 Å². The molecule has 0 fully saturated rings. The van der Waals surface area contributed by atoms with Crippen LogP contribution in [0.3, 0.4) is 0 Å². The Morgan fingerprint density at radius 3 is 1.91 bits per heavy atom. The van der Waals surface area contributed by atoms with E-state index in [0.717, 1.165) is 11.1 Å². The van der Waals surface area contributed by atoms with Crippen LogP contribution in [0.2, 0.25) is 0 Å². The predicted molar refractivity (Wildman–Crippen MR) is 125 cm³/mol. The Bertz CT molecular complexity index is 1020. The van der Waals surface area contributed by atoms with E-state index >= 15 is 0 Å². The van der Waals surface area contributed by atoms with Gasteiger partial charge in [-0.05, 0) is 50.1 Å². The number of ether oxygens (including phenoxy) is 2. The third kappa shape index (κ3) is 6.11. The summed E-state index contributed by atoms with van der Waals surface area (Å²) in [5, 5.41) is 5.57. The molecule has 0 aliphatic carbocycles. The number of hydrogen-bond donors (Lipinski definition) is 2. The minimum atomic E-state index is -0.556. The standard InChI is InChI=1S/C26H28N2O4/c1-26(2,3)28-25(30)27-20-15-16-22(21(17-20)24(29)31-4)32-23(18-11-7-5-8-12-18)19-13-9-6-10-14-19/h5-17,23H,1-4H3,(H2,27,28,30). The first-order valence-electron chi connectivity index (χ1n) is 10.3. The van der Waals surface area contributed by atoms with Crippen molar-refractivity contribution in [1.29, 1.82) is 0 Å². The molecule has 6 heteroatoms. The van der Waals surface area contributed by atoms with Gasteiger partial charge in [-0.15, -0.1) is 0 Å². The highest BCUT2D eigenvalue weighted by Gasteiger charge is 2.22. The summed E-state index contributed by atoms with van der Waals surface area (Å²) in [5.74, 6) is -0.198. The molecule has 0 aliphatic rings. The van der Waals surface area contributed by atoms with Crippen molar-refractivity contribution in [2.45, 2.75) is 32.4 Å². The number of amides is 2. The zero-order chi connectivity index (χ0) is 23.1. The fraction of sp³-hybridized carbons (Fsp3) is 0.231. The van der Waals surface area contributed by atoms with Crippen LogP contribution in [0.1, 0.15) is 48.4 Å². The van der Waals surface area contributed by atoms with Crippen LogP contribution in [0, 0.1) is 0 Å². The first kappa shape index (κ1) is 22.9. The topological polar surface area (TPSA) is 76.7 Å². The molecule has 2 N–H and O–H groups in total. The Morgan fingerprint density at radius 2 is 1.41 bits per heavy atom. The van der Waals surface area contributed by atoms with Gasteiger partial charge in [-0.25, -0.2) is 9.59 Å². The second-order valence-corrected chi connectivity index (χ2v) is 8.35. The number of nitrogens with one attached hydrogen (secondary N) is 2. The van der Waals surface area contributed by atoms with Crippen molar-refractivity contribution in [1.82, 2.24) is 5.32 Å². The molecule has 2 amide bonds. The number of hydrogen-bond acceptors (Lipinski definition) is 4. The molecule has 0 radical (unpaired) electrons. The highest BCUT2D eigenvalue weighted by atomic mass is 16.5. The third-order valence-corrected chi connectivity index (χ3v) is 4.58. The Hall–Kier alpha value is -3.80. The van der Waals surface area contributed by atoms with Gasteiger partial charge in [0, 0.05) is 11.2 Å². The molecule has 166 valence electrons. The summed E-state index contributed by atoms with van der Waals surface area (Å²) in [7, 11) is 1.31. The molecule has 0 unspecified atom stereocenters. The molecule has 0 saturated heterocycles. The van der Waals surface area contributed by atoms with Crippen molar-refractivity contribution in [2.75, 3.05) is 12.4 Å². The average molecular weight is 433 g/mol. The van der Waals surface area contributed by atoms with Gasteiger partial charge in [-0.1, -0.05) is 60.7 Å². The zero-order valence-corrected chi connectivity index (χ0v) is 18.7. The highest BCUT2D eigenvalue weighted by Crippen LogP contribution is 2.32. The predicted octanol–water partition coefficient (Wildman–Crippen LogP) is 5.56. The molecule has 0 bridgehead atoms. The molecule has 0 aromatic heterocycles. The Labute approximate surface area is 188 Å². The van der Waals surface area contributed by atoms with Gasteiger partial charge in [0.05, 0.1) is 7.11 Å². The Balaban J connectivity index is 1.94. The van der Waals surface area contributed by atoms with Crippen molar-refractivity contribution in [3.63, 3.8) is 0 Å². The molecule has 0 heterocycles. The number of carbonyl (C=O) groups is 2. The summed E-state index contributed by atoms with van der Waals surface area (Å²) in [4.78, 5) is 24.8. The van der Waals surface area contributed by atoms with Crippen LogP contribution >= 0.6 is 0 Å². The van der Waals surface area contributed by atoms with E-state index in [4.69, 9.17) is 9.47 Å². The lowest BCUT2D eigenvalue weighted by atomic mass is 10.0. The summed E-state index contributed by atoms with van der Waals surface area (Å²) in [6.45, 7) is 5.66. The normalized spacial score (nSPS) is 11.0. The van der Waals surface area contributed by atoms with Gasteiger partial charge in [0.1, 0.15) is 17.4 Å². The van der Waals surface area contributed by atoms with E-state index in [-0.39, 0.29) is 11.6 Å². The van der Waals surface area contributed by atoms with Crippen molar-refractivity contribution in [3.05, 3.63) is 95.6 Å². The maximum Gasteiger partial charge on any atom is 0.341 e. The lowest BCUT2D eigenvalue weighted by Gasteiger charge is -2.23. The first-order chi connectivity index (χ1) is 15.3. The van der Waals surface area contributed by atoms with E-state index in [2.05, 4.69) is 10.6 Å². The van der Waals surface area contributed by atoms with Crippen molar-refractivity contribution in [3.8, 4) is 5.75 Å². The molecule has 0 atom stereocenters. The van der Waals surface area contributed by atoms with Gasteiger partial charge in [0.25, 0.3) is 0 Å². The second-order valence-electron chi connectivity index (χ2n) is 8.35. The number of esters is 1. The first-order valence-corrected chi connectivity index (χ1v) is 10.3. The molecular weight excluding hydrogens is 404 g/mol. The van der Waals surface area contributed by atoms with Crippen LogP contribution in [-0.4, -0.2) is 24.6 Å². The van der Waals surface area contributed by atoms with E-state index in [0.29, 0.717) is 11.4 Å². The molecule has 32 heavy (non-hydrogen) atoms. The summed E-state index contributed by atoms with van der Waals surface area (Å²) in [6.07, 6.45) is -0.427. The monoisotopic (exact) mass is 432 g/mol. The SMILES string of the molecule is COC(=O)c1cc(NC(=O)NC(C)(C)C)ccc1OC(c1ccccc1)c1ccccc1. The van der Waals surface area contributed by atoms with Gasteiger partial charge < -0.3 is 20.1 Å². The van der Waals surface area contributed by atoms with Crippen LogP contribution in [0.5, 0.6) is 5.75 Å². The molecule has 0 saturated carbocycles. The summed E-state index contributed by atoms with van der Waals surface area (Å²) < 4.78 is 11.3. The van der Waals surface area contributed by atoms with E-state index in [1.165, 1.54) is 7.11 Å². The molecule has 3 rings (SSSR count). The lowest BCUT2D eigenvalue weighted by molar-refractivity contribution is 0.0594. The molecule has 3 aromatic rings. The number of rotatable bonds is 6. The summed E-state index contributed by atoms with van der Waals surface area (Å²) >= 11 is 0. The minimum absolute atomic E-state index is 0.220. The van der Waals surface area contributed by atoms with Gasteiger partial charge in [0.2, 0.25) is 0 Å². The van der Waals surface area contributed by atoms with Crippen LogP contribution in [0.25, 0.3) is 0 Å². The fourth-order valence-corrected chi connectivity index (χ4v) is 3.19. The summed E-state index contributed by atoms with van der Waals surface area (Å²) in [6, 6.07) is 24.1. The Kier molecular flexibility index (Phi) is 7.15. The number of methoxy groups -OCH3 is 1. The maximum atomic E-state index is 12.5. The van der Waals surface area contributed by atoms with Gasteiger partial charge in [-0.3, -0.25) is 0 Å². The molecule has 3 aromatic carbocycles. The molecular formula is C26H28N2O4. The van der Waals surface area contributed by atoms with Crippen molar-refractivity contribution >= 4 is 17.7 Å². The second kappa shape index (κ2) is 10.0. The Morgan fingerprint density at radius 1 is 0.844 bits per heavy atom. The van der Waals surface area contributed by atoms with Crippen molar-refractivity contribution < 1.29 is 19.1 Å². The zero-order valence-electron chi connectivity index (χ0n) is 18.7. The van der Waals surface area contributed by atoms with Crippen LogP contribution in [-0.2, 0) is 4.74 Å². The number of anilines is 1. The van der Waals surface area contributed by atoms with E-state index in [9.17, 15) is 9.59 Å². The fourth-order valence-electron chi connectivity index (χ4n) is 3.19. The van der Waals surface area contributed by atoms with Crippen LogP contribution in [0.15, 0.2) is 78.9 Å². The largest absolute Gasteiger partial charge is 0.480 e. The van der Waals surface area contributed by atoms with Gasteiger partial charge >= 0.3 is 12.0 Å². The number of carbonyl (C=O) groups excluding carboxylic acids is 2. The third-order valence-electron chi connectivity index (χ3n) is 4.58. The number of benzene rings is 3. The van der Waals surface area contributed by atoms with Crippen molar-refractivity contribution in [2.24, 2.45) is 0 Å². The van der Waals surface area contributed by atoms with Crippen LogP contribution in [0.4, 0.5) is 10.5 Å². The number of urea groups is 1. The van der Waals surface area contributed by atoms with E-state index in [1.54, 1.807) is 18.2 Å².